The molecule has 4 heteroatoms. The van der Waals surface area contributed by atoms with E-state index in [9.17, 15) is 4.79 Å². The number of carboxylic acids is 1. The van der Waals surface area contributed by atoms with Crippen LogP contribution in [0, 0.1) is 11.8 Å². The molecule has 0 spiro atoms. The number of nitrogens with zero attached hydrogens (tertiary/aromatic N) is 1. The maximum absolute atomic E-state index is 11.2. The van der Waals surface area contributed by atoms with E-state index < -0.39 is 5.97 Å². The smallest absolute Gasteiger partial charge is 0.354 e. The number of carboxylic acid groups (broad SMARTS) is 1. The fourth-order valence-corrected chi connectivity index (χ4v) is 2.53. The van der Waals surface area contributed by atoms with E-state index in [1.807, 2.05) is 24.3 Å². The minimum atomic E-state index is -0.992. The Bertz CT molecular complexity index is 650. The second-order valence-electron chi connectivity index (χ2n) is 5.57. The van der Waals surface area contributed by atoms with Crippen molar-refractivity contribution in [2.45, 2.75) is 19.8 Å². The molecule has 1 aromatic carbocycles. The summed E-state index contributed by atoms with van der Waals surface area (Å²) < 4.78 is 0. The molecule has 0 aliphatic heterocycles. The number of hydrogen-bond donors (Lipinski definition) is 2. The summed E-state index contributed by atoms with van der Waals surface area (Å²) in [6.45, 7) is 3.11. The third-order valence-electron chi connectivity index (χ3n) is 3.98. The summed E-state index contributed by atoms with van der Waals surface area (Å²) in [6, 6.07) is 9.26. The first kappa shape index (κ1) is 12.9. The van der Waals surface area contributed by atoms with Gasteiger partial charge in [-0.05, 0) is 36.8 Å². The number of rotatable bonds is 5. The van der Waals surface area contributed by atoms with E-state index in [0.717, 1.165) is 23.5 Å². The molecule has 1 unspecified atom stereocenters. The van der Waals surface area contributed by atoms with Crippen LogP contribution < -0.4 is 5.32 Å². The molecule has 1 aromatic heterocycles. The lowest BCUT2D eigenvalue weighted by molar-refractivity contribution is 0.0691. The lowest BCUT2D eigenvalue weighted by Gasteiger charge is -2.14. The van der Waals surface area contributed by atoms with E-state index in [4.69, 9.17) is 5.11 Å². The number of para-hydroxylation sites is 1. The summed E-state index contributed by atoms with van der Waals surface area (Å²) in [7, 11) is 0. The lowest BCUT2D eigenvalue weighted by Crippen LogP contribution is -2.14. The summed E-state index contributed by atoms with van der Waals surface area (Å²) in [5.74, 6) is 0.457. The number of pyridine rings is 1. The third-order valence-corrected chi connectivity index (χ3v) is 3.98. The van der Waals surface area contributed by atoms with E-state index in [0.29, 0.717) is 11.4 Å². The summed E-state index contributed by atoms with van der Waals surface area (Å²) in [6.07, 6.45) is 2.64. The number of hydrogen-bond acceptors (Lipinski definition) is 3. The van der Waals surface area contributed by atoms with Crippen molar-refractivity contribution in [3.8, 4) is 0 Å². The number of aromatic carboxylic acids is 1. The molecular weight excluding hydrogens is 252 g/mol. The first-order valence-electron chi connectivity index (χ1n) is 7.02. The van der Waals surface area contributed by atoms with Crippen molar-refractivity contribution in [1.29, 1.82) is 0 Å². The zero-order valence-electron chi connectivity index (χ0n) is 11.5. The number of benzene rings is 1. The van der Waals surface area contributed by atoms with Crippen LogP contribution in [-0.4, -0.2) is 22.6 Å². The number of anilines is 1. The summed E-state index contributed by atoms with van der Waals surface area (Å²) >= 11 is 0. The maximum atomic E-state index is 11.2. The van der Waals surface area contributed by atoms with Crippen molar-refractivity contribution < 1.29 is 9.90 Å². The highest BCUT2D eigenvalue weighted by atomic mass is 16.4. The van der Waals surface area contributed by atoms with Crippen molar-refractivity contribution in [1.82, 2.24) is 4.98 Å². The highest BCUT2D eigenvalue weighted by molar-refractivity contribution is 5.97. The van der Waals surface area contributed by atoms with Gasteiger partial charge in [0.25, 0.3) is 0 Å². The quantitative estimate of drug-likeness (QED) is 0.874. The number of carbonyl (C=O) groups is 1. The minimum Gasteiger partial charge on any atom is -0.477 e. The van der Waals surface area contributed by atoms with Gasteiger partial charge < -0.3 is 10.4 Å². The maximum Gasteiger partial charge on any atom is 0.354 e. The van der Waals surface area contributed by atoms with Gasteiger partial charge in [0.2, 0.25) is 0 Å². The van der Waals surface area contributed by atoms with Crippen LogP contribution in [0.15, 0.2) is 30.3 Å². The molecule has 0 bridgehead atoms. The van der Waals surface area contributed by atoms with Crippen molar-refractivity contribution in [3.63, 3.8) is 0 Å². The predicted molar refractivity (Wildman–Crippen MR) is 79.1 cm³/mol. The Kier molecular flexibility index (Phi) is 3.30. The highest BCUT2D eigenvalue weighted by Crippen LogP contribution is 2.36. The van der Waals surface area contributed by atoms with Crippen molar-refractivity contribution in [3.05, 3.63) is 36.0 Å². The molecule has 4 nitrogen and oxygen atoms in total. The van der Waals surface area contributed by atoms with Crippen LogP contribution in [0.5, 0.6) is 0 Å². The monoisotopic (exact) mass is 270 g/mol. The van der Waals surface area contributed by atoms with E-state index in [2.05, 4.69) is 17.2 Å². The summed E-state index contributed by atoms with van der Waals surface area (Å²) in [5, 5.41) is 13.5. The molecule has 3 rings (SSSR count). The van der Waals surface area contributed by atoms with Crippen LogP contribution in [0.4, 0.5) is 5.69 Å². The lowest BCUT2D eigenvalue weighted by atomic mass is 10.1. The molecule has 1 aliphatic rings. The van der Waals surface area contributed by atoms with Crippen LogP contribution >= 0.6 is 0 Å². The van der Waals surface area contributed by atoms with Crippen molar-refractivity contribution in [2.75, 3.05) is 11.9 Å². The Hall–Kier alpha value is -2.10. The fourth-order valence-electron chi connectivity index (χ4n) is 2.53. The normalized spacial score (nSPS) is 16.1. The third kappa shape index (κ3) is 2.59. The summed E-state index contributed by atoms with van der Waals surface area (Å²) in [5.41, 5.74) is 1.67. The topological polar surface area (TPSA) is 62.2 Å². The number of fused-ring (bicyclic) bond motifs is 1. The van der Waals surface area contributed by atoms with Gasteiger partial charge in [0, 0.05) is 17.6 Å². The zero-order valence-corrected chi connectivity index (χ0v) is 11.5. The molecular formula is C16H18N2O2. The van der Waals surface area contributed by atoms with Gasteiger partial charge in [0.05, 0.1) is 5.52 Å². The van der Waals surface area contributed by atoms with Crippen molar-refractivity contribution >= 4 is 22.6 Å². The second kappa shape index (κ2) is 5.12. The largest absolute Gasteiger partial charge is 0.477 e. The Morgan fingerprint density at radius 1 is 1.45 bits per heavy atom. The molecule has 2 aromatic rings. The molecule has 1 heterocycles. The standard InChI is InChI=1S/C16H18N2O2/c1-10(11-6-7-11)9-17-14-8-15(16(19)20)18-13-5-3-2-4-12(13)14/h2-5,8,10-11H,6-7,9H2,1H3,(H,17,18)(H,19,20). The fraction of sp³-hybridized carbons (Fsp3) is 0.375. The van der Waals surface area contributed by atoms with Gasteiger partial charge in [-0.2, -0.15) is 0 Å². The molecule has 0 radical (unpaired) electrons. The van der Waals surface area contributed by atoms with Gasteiger partial charge in [-0.3, -0.25) is 0 Å². The Labute approximate surface area is 117 Å². The van der Waals surface area contributed by atoms with Crippen molar-refractivity contribution in [2.24, 2.45) is 11.8 Å². The minimum absolute atomic E-state index is 0.0882. The van der Waals surface area contributed by atoms with Gasteiger partial charge in [-0.15, -0.1) is 0 Å². The van der Waals surface area contributed by atoms with Crippen LogP contribution in [-0.2, 0) is 0 Å². The second-order valence-corrected chi connectivity index (χ2v) is 5.57. The van der Waals surface area contributed by atoms with E-state index in [1.54, 1.807) is 6.07 Å². The molecule has 2 N–H and O–H groups in total. The molecule has 1 saturated carbocycles. The average molecular weight is 270 g/mol. The van der Waals surface area contributed by atoms with E-state index in [-0.39, 0.29) is 5.69 Å². The Morgan fingerprint density at radius 3 is 2.90 bits per heavy atom. The van der Waals surface area contributed by atoms with Crippen LogP contribution in [0.3, 0.4) is 0 Å². The summed E-state index contributed by atoms with van der Waals surface area (Å²) in [4.78, 5) is 15.3. The van der Waals surface area contributed by atoms with Crippen LogP contribution in [0.25, 0.3) is 10.9 Å². The van der Waals surface area contributed by atoms with Gasteiger partial charge in [0.1, 0.15) is 0 Å². The van der Waals surface area contributed by atoms with E-state index >= 15 is 0 Å². The van der Waals surface area contributed by atoms with Crippen LogP contribution in [0.1, 0.15) is 30.3 Å². The first-order valence-corrected chi connectivity index (χ1v) is 7.02. The Balaban J connectivity index is 1.92. The molecule has 1 atom stereocenters. The molecule has 104 valence electrons. The molecule has 1 aliphatic carbocycles. The molecule has 20 heavy (non-hydrogen) atoms. The SMILES string of the molecule is CC(CNc1cc(C(=O)O)nc2ccccc12)C1CC1. The average Bonchev–Trinajstić information content (AvgIpc) is 3.28. The van der Waals surface area contributed by atoms with E-state index in [1.165, 1.54) is 12.8 Å². The highest BCUT2D eigenvalue weighted by Gasteiger charge is 2.27. The predicted octanol–water partition coefficient (Wildman–Crippen LogP) is 3.39. The molecule has 0 saturated heterocycles. The zero-order chi connectivity index (χ0) is 14.1. The Morgan fingerprint density at radius 2 is 2.20 bits per heavy atom. The molecule has 1 fully saturated rings. The van der Waals surface area contributed by atoms with Crippen LogP contribution in [0.2, 0.25) is 0 Å². The first-order chi connectivity index (χ1) is 9.65. The molecule has 0 amide bonds. The van der Waals surface area contributed by atoms with Gasteiger partial charge in [0.15, 0.2) is 5.69 Å². The number of aromatic nitrogens is 1. The van der Waals surface area contributed by atoms with Gasteiger partial charge in [-0.1, -0.05) is 25.1 Å². The van der Waals surface area contributed by atoms with Gasteiger partial charge >= 0.3 is 5.97 Å². The number of nitrogens with one attached hydrogen (secondary N) is 1. The van der Waals surface area contributed by atoms with Gasteiger partial charge in [-0.25, -0.2) is 9.78 Å².